The summed E-state index contributed by atoms with van der Waals surface area (Å²) in [6.07, 6.45) is -1.16. The first-order valence-corrected chi connectivity index (χ1v) is 15.6. The number of aliphatic hydroxyl groups excluding tert-OH is 1. The zero-order valence-electron chi connectivity index (χ0n) is 23.8. The summed E-state index contributed by atoms with van der Waals surface area (Å²) in [6.45, 7) is 10.7. The van der Waals surface area contributed by atoms with Gasteiger partial charge in [0.1, 0.15) is 11.9 Å². The summed E-state index contributed by atoms with van der Waals surface area (Å²) >= 11 is 0. The number of rotatable bonds is 7. The van der Waals surface area contributed by atoms with E-state index in [9.17, 15) is 9.90 Å². The number of hydrogen-bond donors (Lipinski definition) is 1. The van der Waals surface area contributed by atoms with Crippen LogP contribution in [0.5, 0.6) is 0 Å². The van der Waals surface area contributed by atoms with Crippen molar-refractivity contribution in [1.29, 1.82) is 0 Å². The molecular formula is C35H36O4Si. The minimum atomic E-state index is -2.91. The Balaban J connectivity index is 1.65. The van der Waals surface area contributed by atoms with Crippen LogP contribution >= 0.6 is 0 Å². The molecule has 5 aromatic rings. The number of hydrogen-bond acceptors (Lipinski definition) is 4. The fourth-order valence-electron chi connectivity index (χ4n) is 5.69. The van der Waals surface area contributed by atoms with Crippen molar-refractivity contribution < 1.29 is 13.9 Å². The second-order valence-electron chi connectivity index (χ2n) is 11.5. The molecule has 5 heteroatoms. The molecule has 0 amide bonds. The van der Waals surface area contributed by atoms with E-state index in [1.165, 1.54) is 5.56 Å². The highest BCUT2D eigenvalue weighted by molar-refractivity contribution is 6.99. The van der Waals surface area contributed by atoms with Gasteiger partial charge in [-0.3, -0.25) is 0 Å². The van der Waals surface area contributed by atoms with Gasteiger partial charge in [-0.15, -0.1) is 0 Å². The molecule has 0 saturated carbocycles. The smallest absolute Gasteiger partial charge is 0.343 e. The molecule has 0 saturated heterocycles. The summed E-state index contributed by atoms with van der Waals surface area (Å²) in [5, 5.41) is 15.0. The molecule has 0 bridgehead atoms. The molecule has 5 rings (SSSR count). The first-order valence-electron chi connectivity index (χ1n) is 13.7. The summed E-state index contributed by atoms with van der Waals surface area (Å²) in [5.74, 6) is 0.227. The Morgan fingerprint density at radius 3 is 1.88 bits per heavy atom. The van der Waals surface area contributed by atoms with Gasteiger partial charge < -0.3 is 13.9 Å². The van der Waals surface area contributed by atoms with Gasteiger partial charge in [-0.05, 0) is 52.0 Å². The average molecular weight is 549 g/mol. The van der Waals surface area contributed by atoms with Gasteiger partial charge in [0.25, 0.3) is 8.32 Å². The van der Waals surface area contributed by atoms with Crippen molar-refractivity contribution >= 4 is 29.5 Å². The van der Waals surface area contributed by atoms with Crippen LogP contribution in [0, 0.1) is 13.8 Å². The van der Waals surface area contributed by atoms with E-state index in [0.29, 0.717) is 5.39 Å². The monoisotopic (exact) mass is 548 g/mol. The molecule has 1 aromatic heterocycles. The lowest BCUT2D eigenvalue weighted by atomic mass is 9.94. The van der Waals surface area contributed by atoms with Crippen LogP contribution in [0.4, 0.5) is 0 Å². The molecule has 0 aliphatic heterocycles. The van der Waals surface area contributed by atoms with Crippen LogP contribution in [-0.4, -0.2) is 20.0 Å². The topological polar surface area (TPSA) is 59.7 Å². The Labute approximate surface area is 237 Å². The number of fused-ring (bicyclic) bond motifs is 1. The van der Waals surface area contributed by atoms with Crippen molar-refractivity contribution in [1.82, 2.24) is 0 Å². The van der Waals surface area contributed by atoms with Crippen molar-refractivity contribution in [2.24, 2.45) is 0 Å². The van der Waals surface area contributed by atoms with E-state index < -0.39 is 20.0 Å². The Kier molecular flexibility index (Phi) is 7.65. The van der Waals surface area contributed by atoms with E-state index in [-0.39, 0.29) is 17.4 Å². The van der Waals surface area contributed by atoms with E-state index in [4.69, 9.17) is 8.84 Å². The molecule has 0 unspecified atom stereocenters. The average Bonchev–Trinajstić information content (AvgIpc) is 2.95. The van der Waals surface area contributed by atoms with Crippen molar-refractivity contribution in [2.45, 2.75) is 45.8 Å². The number of aliphatic hydroxyl groups is 1. The van der Waals surface area contributed by atoms with Gasteiger partial charge in [-0.25, -0.2) is 4.79 Å². The van der Waals surface area contributed by atoms with E-state index in [2.05, 4.69) is 71.0 Å². The Hall–Kier alpha value is -3.77. The second kappa shape index (κ2) is 11.0. The lowest BCUT2D eigenvalue weighted by molar-refractivity contribution is 0.0825. The molecule has 0 radical (unpaired) electrons. The predicted molar refractivity (Wildman–Crippen MR) is 166 cm³/mol. The Morgan fingerprint density at radius 1 is 0.775 bits per heavy atom. The maximum absolute atomic E-state index is 13.1. The molecule has 1 heterocycles. The van der Waals surface area contributed by atoms with Gasteiger partial charge in [0.2, 0.25) is 0 Å². The summed E-state index contributed by atoms with van der Waals surface area (Å²) in [5.41, 5.74) is 3.43. The molecule has 4 aromatic carbocycles. The van der Waals surface area contributed by atoms with Gasteiger partial charge in [0, 0.05) is 10.9 Å². The lowest BCUT2D eigenvalue weighted by Crippen LogP contribution is -2.66. The fourth-order valence-corrected chi connectivity index (χ4v) is 10.3. The minimum absolute atomic E-state index is 0.0214. The summed E-state index contributed by atoms with van der Waals surface area (Å²) in [4.78, 5) is 13.1. The van der Waals surface area contributed by atoms with Gasteiger partial charge >= 0.3 is 5.63 Å². The molecule has 0 aliphatic carbocycles. The third-order valence-corrected chi connectivity index (χ3v) is 12.8. The van der Waals surface area contributed by atoms with Gasteiger partial charge in [0.15, 0.2) is 0 Å². The van der Waals surface area contributed by atoms with Crippen molar-refractivity contribution in [3.8, 4) is 11.1 Å². The third-order valence-electron chi connectivity index (χ3n) is 7.84. The molecule has 4 nitrogen and oxygen atoms in total. The van der Waals surface area contributed by atoms with Crippen LogP contribution in [0.25, 0.3) is 21.9 Å². The highest BCUT2D eigenvalue weighted by Crippen LogP contribution is 2.39. The molecular weight excluding hydrogens is 512 g/mol. The molecule has 40 heavy (non-hydrogen) atoms. The van der Waals surface area contributed by atoms with Crippen molar-refractivity contribution in [3.05, 3.63) is 130 Å². The third kappa shape index (κ3) is 4.97. The van der Waals surface area contributed by atoms with Crippen LogP contribution in [0.2, 0.25) is 5.04 Å². The van der Waals surface area contributed by atoms with Crippen molar-refractivity contribution in [2.75, 3.05) is 6.61 Å². The molecule has 204 valence electrons. The van der Waals surface area contributed by atoms with E-state index >= 15 is 0 Å². The first kappa shape index (κ1) is 27.8. The Morgan fingerprint density at radius 2 is 1.32 bits per heavy atom. The summed E-state index contributed by atoms with van der Waals surface area (Å²) in [7, 11) is -2.91. The number of aryl methyl sites for hydroxylation is 2. The zero-order chi connectivity index (χ0) is 28.5. The maximum Gasteiger partial charge on any atom is 0.343 e. The second-order valence-corrected chi connectivity index (χ2v) is 15.8. The van der Waals surface area contributed by atoms with Gasteiger partial charge in [-0.2, -0.15) is 0 Å². The lowest BCUT2D eigenvalue weighted by Gasteiger charge is -2.43. The first-order chi connectivity index (χ1) is 19.1. The SMILES string of the molecule is Cc1ccc(-c2c([C@H](O)CO[Si](c3ccccc3)(c3ccccc3)C(C)(C)C)oc(=O)c3ccccc23)cc1C. The quantitative estimate of drug-likeness (QED) is 0.230. The predicted octanol–water partition coefficient (Wildman–Crippen LogP) is 6.69. The summed E-state index contributed by atoms with van der Waals surface area (Å²) in [6, 6.07) is 34.2. The minimum Gasteiger partial charge on any atom is -0.424 e. The summed E-state index contributed by atoms with van der Waals surface area (Å²) < 4.78 is 12.9. The van der Waals surface area contributed by atoms with E-state index in [0.717, 1.165) is 32.5 Å². The maximum atomic E-state index is 13.1. The highest BCUT2D eigenvalue weighted by Gasteiger charge is 2.50. The number of benzene rings is 4. The fraction of sp³-hybridized carbons (Fsp3) is 0.229. The highest BCUT2D eigenvalue weighted by atomic mass is 28.4. The molecule has 1 atom stereocenters. The van der Waals surface area contributed by atoms with Crippen LogP contribution in [0.3, 0.4) is 0 Å². The van der Waals surface area contributed by atoms with E-state index in [1.807, 2.05) is 60.7 Å². The van der Waals surface area contributed by atoms with Crippen LogP contribution in [0.15, 0.2) is 112 Å². The zero-order valence-corrected chi connectivity index (χ0v) is 24.8. The molecule has 0 fully saturated rings. The van der Waals surface area contributed by atoms with Crippen LogP contribution in [0.1, 0.15) is 43.8 Å². The normalized spacial score (nSPS) is 12.9. The van der Waals surface area contributed by atoms with E-state index in [1.54, 1.807) is 6.07 Å². The molecule has 0 aliphatic rings. The van der Waals surface area contributed by atoms with Gasteiger partial charge in [-0.1, -0.05) is 118 Å². The van der Waals surface area contributed by atoms with Crippen LogP contribution < -0.4 is 16.0 Å². The molecule has 0 spiro atoms. The standard InChI is InChI=1S/C35H36O4Si/c1-24-20-21-26(22-25(24)2)32-29-18-12-13-19-30(29)34(37)39-33(32)31(36)23-38-40(35(3,4)5,27-14-8-6-9-15-27)28-16-10-7-11-17-28/h6-22,31,36H,23H2,1-5H3/t31-/m1/s1. The Bertz CT molecular complexity index is 1650. The van der Waals surface area contributed by atoms with Gasteiger partial charge in [0.05, 0.1) is 12.0 Å². The van der Waals surface area contributed by atoms with Crippen LogP contribution in [-0.2, 0) is 4.43 Å². The largest absolute Gasteiger partial charge is 0.424 e. The molecule has 1 N–H and O–H groups in total. The van der Waals surface area contributed by atoms with Crippen molar-refractivity contribution in [3.63, 3.8) is 0 Å².